The Kier molecular flexibility index (Phi) is 7.94. The number of aryl methyl sites for hydroxylation is 3. The van der Waals surface area contributed by atoms with Crippen molar-refractivity contribution in [1.29, 1.82) is 0 Å². The molecule has 182 valence electrons. The Morgan fingerprint density at radius 1 is 0.912 bits per heavy atom. The van der Waals surface area contributed by atoms with Gasteiger partial charge in [-0.2, -0.15) is 0 Å². The molecular formula is C29H34ClN3Pd. The fraction of sp³-hybridized carbons (Fsp3) is 0.276. The van der Waals surface area contributed by atoms with Gasteiger partial charge in [-0.05, 0) is 0 Å². The normalized spacial score (nSPS) is 13.6. The third kappa shape index (κ3) is 5.01. The number of rotatable bonds is 7. The van der Waals surface area contributed by atoms with E-state index in [9.17, 15) is 0 Å². The maximum atomic E-state index is 7.35. The van der Waals surface area contributed by atoms with Crippen molar-refractivity contribution >= 4 is 26.9 Å². The number of fused-ring (bicyclic) bond motifs is 1. The summed E-state index contributed by atoms with van der Waals surface area (Å²) in [6, 6.07) is 21.6. The third-order valence-electron chi connectivity index (χ3n) is 6.03. The van der Waals surface area contributed by atoms with Gasteiger partial charge in [0, 0.05) is 0 Å². The fourth-order valence-electron chi connectivity index (χ4n) is 4.61. The molecule has 0 N–H and O–H groups in total. The van der Waals surface area contributed by atoms with Gasteiger partial charge in [0.15, 0.2) is 0 Å². The van der Waals surface area contributed by atoms with Crippen molar-refractivity contribution in [2.45, 2.75) is 39.5 Å². The van der Waals surface area contributed by atoms with Crippen LogP contribution in [-0.2, 0) is 15.3 Å². The minimum absolute atomic E-state index is 0.852. The van der Waals surface area contributed by atoms with Crippen LogP contribution in [0.25, 0.3) is 17.3 Å². The summed E-state index contributed by atoms with van der Waals surface area (Å²) >= 11 is -1.60. The number of hydrogen-bond acceptors (Lipinski definition) is 1. The van der Waals surface area contributed by atoms with E-state index in [4.69, 9.17) is 9.53 Å². The zero-order valence-electron chi connectivity index (χ0n) is 20.7. The van der Waals surface area contributed by atoms with Crippen LogP contribution >= 0.6 is 9.53 Å². The topological polar surface area (TPSA) is 12.6 Å². The zero-order valence-corrected chi connectivity index (χ0v) is 23.0. The van der Waals surface area contributed by atoms with Gasteiger partial charge in [-0.3, -0.25) is 0 Å². The maximum absolute atomic E-state index is 7.35. The second-order valence-corrected chi connectivity index (χ2v) is 12.8. The molecule has 0 aliphatic carbocycles. The van der Waals surface area contributed by atoms with Gasteiger partial charge < -0.3 is 0 Å². The number of imidazole rings is 1. The number of aromatic nitrogens is 2. The Labute approximate surface area is 212 Å². The van der Waals surface area contributed by atoms with E-state index in [0.29, 0.717) is 0 Å². The first-order valence-corrected chi connectivity index (χ1v) is 15.7. The molecule has 0 radical (unpaired) electrons. The summed E-state index contributed by atoms with van der Waals surface area (Å²) in [5.41, 5.74) is 7.47. The van der Waals surface area contributed by atoms with Crippen LogP contribution in [-0.4, -0.2) is 22.1 Å². The molecule has 0 atom stereocenters. The molecule has 0 bridgehead atoms. The number of pyridine rings is 1. The fourth-order valence-corrected chi connectivity index (χ4v) is 7.82. The van der Waals surface area contributed by atoms with Gasteiger partial charge in [0.2, 0.25) is 0 Å². The molecule has 4 aromatic rings. The SMILES string of the molecule is CCN(CC)c1cccc2cn(-c3c(C)cc(C)cc3C)[c](=[Pd]([Cl])[CH2]C=Cc3ccccc3)n12. The van der Waals surface area contributed by atoms with Crippen LogP contribution in [0, 0.1) is 24.7 Å². The number of allylic oxidation sites excluding steroid dienone is 1. The van der Waals surface area contributed by atoms with Crippen molar-refractivity contribution in [1.82, 2.24) is 8.97 Å². The van der Waals surface area contributed by atoms with Gasteiger partial charge in [0.25, 0.3) is 0 Å². The summed E-state index contributed by atoms with van der Waals surface area (Å²) in [5.74, 6) is 1.21. The molecule has 0 saturated carbocycles. The van der Waals surface area contributed by atoms with Crippen LogP contribution in [0.15, 0.2) is 72.9 Å². The predicted molar refractivity (Wildman–Crippen MR) is 144 cm³/mol. The van der Waals surface area contributed by atoms with Crippen molar-refractivity contribution in [2.75, 3.05) is 18.0 Å². The summed E-state index contributed by atoms with van der Waals surface area (Å²) in [7, 11) is 7.35. The number of hydrogen-bond donors (Lipinski definition) is 0. The van der Waals surface area contributed by atoms with E-state index in [1.807, 2.05) is 6.07 Å². The van der Waals surface area contributed by atoms with Crippen molar-refractivity contribution in [3.8, 4) is 5.69 Å². The van der Waals surface area contributed by atoms with E-state index in [0.717, 1.165) is 18.0 Å². The van der Waals surface area contributed by atoms with Crippen LogP contribution in [0.2, 0.25) is 4.89 Å². The van der Waals surface area contributed by atoms with Crippen LogP contribution in [0.1, 0.15) is 36.1 Å². The van der Waals surface area contributed by atoms with Gasteiger partial charge >= 0.3 is 213 Å². The van der Waals surface area contributed by atoms with E-state index >= 15 is 0 Å². The van der Waals surface area contributed by atoms with Crippen LogP contribution < -0.4 is 4.90 Å². The second-order valence-electron chi connectivity index (χ2n) is 8.50. The van der Waals surface area contributed by atoms with Crippen molar-refractivity contribution in [3.63, 3.8) is 0 Å². The Bertz CT molecular complexity index is 1370. The molecule has 2 aromatic carbocycles. The zero-order chi connectivity index (χ0) is 24.2. The third-order valence-corrected chi connectivity index (χ3v) is 9.64. The molecule has 0 saturated heterocycles. The molecule has 2 heterocycles. The minimum atomic E-state index is -1.60. The standard InChI is InChI=1S/C20H25N3.C9H9.ClH.Pd/c1-6-21(7-2)19-10-8-9-18-13-22(14-23(18)19)20-16(4)11-15(3)12-17(20)5;1-2-6-9-7-4-3-5-8-9;;/h8-13H,6-7H2,1-5H3;2-8H,1H2;1H;/q;;;+1/p-1. The van der Waals surface area contributed by atoms with E-state index in [1.54, 1.807) is 0 Å². The van der Waals surface area contributed by atoms with E-state index in [2.05, 4.69) is 121 Å². The van der Waals surface area contributed by atoms with Gasteiger partial charge in [0.05, 0.1) is 0 Å². The van der Waals surface area contributed by atoms with Crippen molar-refractivity contribution in [3.05, 3.63) is 99.1 Å². The van der Waals surface area contributed by atoms with Gasteiger partial charge in [0.1, 0.15) is 0 Å². The van der Waals surface area contributed by atoms with Crippen LogP contribution in [0.4, 0.5) is 5.82 Å². The number of anilines is 1. The first-order chi connectivity index (χ1) is 16.4. The quantitative estimate of drug-likeness (QED) is 0.207. The molecule has 2 aromatic heterocycles. The molecule has 0 unspecified atom stereocenters. The molecule has 5 heteroatoms. The van der Waals surface area contributed by atoms with Crippen molar-refractivity contribution in [2.24, 2.45) is 0 Å². The summed E-state index contributed by atoms with van der Waals surface area (Å²) < 4.78 is 5.98. The second kappa shape index (κ2) is 10.9. The summed E-state index contributed by atoms with van der Waals surface area (Å²) in [6.45, 7) is 12.9. The predicted octanol–water partition coefficient (Wildman–Crippen LogP) is 7.94. The van der Waals surface area contributed by atoms with E-state index < -0.39 is 15.3 Å². The molecule has 0 fully saturated rings. The Morgan fingerprint density at radius 3 is 2.24 bits per heavy atom. The van der Waals surface area contributed by atoms with E-state index in [-0.39, 0.29) is 0 Å². The van der Waals surface area contributed by atoms with E-state index in [1.165, 1.54) is 43.2 Å². The summed E-state index contributed by atoms with van der Waals surface area (Å²) in [4.78, 5) is 3.26. The Hall–Kier alpha value is -2.38. The van der Waals surface area contributed by atoms with Crippen LogP contribution in [0.3, 0.4) is 0 Å². The van der Waals surface area contributed by atoms with Gasteiger partial charge in [-0.25, -0.2) is 0 Å². The summed E-state index contributed by atoms with van der Waals surface area (Å²) in [6.07, 6.45) is 6.69. The number of halogens is 1. The molecule has 0 spiro atoms. The molecule has 0 aliphatic heterocycles. The first-order valence-electron chi connectivity index (χ1n) is 11.8. The average Bonchev–Trinajstić information content (AvgIpc) is 3.19. The van der Waals surface area contributed by atoms with Crippen molar-refractivity contribution < 1.29 is 15.3 Å². The molecule has 0 amide bonds. The van der Waals surface area contributed by atoms with Gasteiger partial charge in [-0.15, -0.1) is 0 Å². The number of nitrogens with zero attached hydrogens (tertiary/aromatic N) is 3. The summed E-state index contributed by atoms with van der Waals surface area (Å²) in [5, 5.41) is 0. The van der Waals surface area contributed by atoms with Gasteiger partial charge in [-0.1, -0.05) is 0 Å². The Morgan fingerprint density at radius 2 is 1.59 bits per heavy atom. The monoisotopic (exact) mass is 565 g/mol. The molecule has 0 aliphatic rings. The Balaban J connectivity index is 1.99. The molecule has 4 rings (SSSR count). The first kappa shape index (κ1) is 24.7. The average molecular weight is 566 g/mol. The molecule has 3 nitrogen and oxygen atoms in total. The molecular weight excluding hydrogens is 532 g/mol. The van der Waals surface area contributed by atoms with Crippen LogP contribution in [0.5, 0.6) is 0 Å². The molecule has 34 heavy (non-hydrogen) atoms. The number of benzene rings is 2.